The number of carbonyl (C=O) groups is 1. The van der Waals surface area contributed by atoms with Crippen LogP contribution in [0.15, 0.2) is 6.07 Å². The number of hydrogen-bond donors (Lipinski definition) is 0. The number of likely N-dealkylation sites (N-methyl/N-ethyl adjacent to an activating group) is 2. The highest BCUT2D eigenvalue weighted by molar-refractivity contribution is 7.18. The molecule has 1 aromatic heterocycles. The molecule has 2 rings (SSSR count). The fourth-order valence-corrected chi connectivity index (χ4v) is 3.93. The van der Waals surface area contributed by atoms with E-state index in [4.69, 9.17) is 0 Å². The lowest BCUT2D eigenvalue weighted by Gasteiger charge is -2.20. The maximum atomic E-state index is 12.6. The van der Waals surface area contributed by atoms with Crippen LogP contribution in [-0.4, -0.2) is 63.0 Å². The molecule has 118 valence electrons. The number of thiophene rings is 1. The Bertz CT molecular complexity index is 484. The summed E-state index contributed by atoms with van der Waals surface area (Å²) in [6, 6.07) is 2.13. The van der Waals surface area contributed by atoms with Gasteiger partial charge in [-0.15, -0.1) is 11.3 Å². The monoisotopic (exact) mass is 309 g/mol. The number of aryl methyl sites for hydroxylation is 1. The minimum atomic E-state index is 0.158. The Kier molecular flexibility index (Phi) is 5.65. The van der Waals surface area contributed by atoms with Gasteiger partial charge in [0.05, 0.1) is 9.88 Å². The van der Waals surface area contributed by atoms with Crippen molar-refractivity contribution in [3.63, 3.8) is 0 Å². The largest absolute Gasteiger partial charge is 0.363 e. The topological polar surface area (TPSA) is 26.8 Å². The van der Waals surface area contributed by atoms with Gasteiger partial charge in [0.15, 0.2) is 0 Å². The standard InChI is InChI=1S/C16H27N3OS/c1-5-19-9-7-6-8-13-12-14(21-16(13)19)15(20)18(4)11-10-17(2)3/h12H,5-11H2,1-4H3. The van der Waals surface area contributed by atoms with Gasteiger partial charge in [-0.25, -0.2) is 0 Å². The van der Waals surface area contributed by atoms with E-state index in [-0.39, 0.29) is 5.91 Å². The van der Waals surface area contributed by atoms with E-state index >= 15 is 0 Å². The van der Waals surface area contributed by atoms with Crippen LogP contribution in [0.4, 0.5) is 5.00 Å². The Labute approximate surface area is 132 Å². The molecule has 0 fully saturated rings. The van der Waals surface area contributed by atoms with E-state index in [9.17, 15) is 4.79 Å². The molecular formula is C16H27N3OS. The van der Waals surface area contributed by atoms with Crippen LogP contribution in [0.2, 0.25) is 0 Å². The molecule has 1 aliphatic heterocycles. The Morgan fingerprint density at radius 1 is 1.29 bits per heavy atom. The average Bonchev–Trinajstić information content (AvgIpc) is 2.79. The summed E-state index contributed by atoms with van der Waals surface area (Å²) in [7, 11) is 5.96. The second kappa shape index (κ2) is 7.27. The lowest BCUT2D eigenvalue weighted by Crippen LogP contribution is -2.33. The molecule has 1 aliphatic rings. The predicted octanol–water partition coefficient (Wildman–Crippen LogP) is 2.54. The molecule has 0 aromatic carbocycles. The second-order valence-electron chi connectivity index (χ2n) is 6.01. The Morgan fingerprint density at radius 2 is 2.05 bits per heavy atom. The number of nitrogens with zero attached hydrogens (tertiary/aromatic N) is 3. The van der Waals surface area contributed by atoms with E-state index < -0.39 is 0 Å². The molecule has 0 unspecified atom stereocenters. The zero-order valence-corrected chi connectivity index (χ0v) is 14.5. The molecule has 1 aromatic rings. The summed E-state index contributed by atoms with van der Waals surface area (Å²) < 4.78 is 0. The number of amides is 1. The number of hydrogen-bond acceptors (Lipinski definition) is 4. The molecular weight excluding hydrogens is 282 g/mol. The third-order valence-corrected chi connectivity index (χ3v) is 5.25. The van der Waals surface area contributed by atoms with Gasteiger partial charge in [-0.2, -0.15) is 0 Å². The molecule has 0 spiro atoms. The molecule has 0 saturated heterocycles. The van der Waals surface area contributed by atoms with Crippen molar-refractivity contribution in [2.45, 2.75) is 26.2 Å². The van der Waals surface area contributed by atoms with Gasteiger partial charge >= 0.3 is 0 Å². The summed E-state index contributed by atoms with van der Waals surface area (Å²) >= 11 is 1.67. The molecule has 4 nitrogen and oxygen atoms in total. The van der Waals surface area contributed by atoms with Crippen LogP contribution >= 0.6 is 11.3 Å². The van der Waals surface area contributed by atoms with E-state index in [1.54, 1.807) is 11.3 Å². The summed E-state index contributed by atoms with van der Waals surface area (Å²) in [6.45, 7) is 6.01. The van der Waals surface area contributed by atoms with Gasteiger partial charge in [0, 0.05) is 33.2 Å². The minimum absolute atomic E-state index is 0.158. The van der Waals surface area contributed by atoms with Gasteiger partial charge in [0.2, 0.25) is 0 Å². The third-order valence-electron chi connectivity index (χ3n) is 4.02. The fourth-order valence-electron chi connectivity index (χ4n) is 2.63. The quantitative estimate of drug-likeness (QED) is 0.836. The first-order valence-corrected chi connectivity index (χ1v) is 8.62. The van der Waals surface area contributed by atoms with Crippen LogP contribution in [0.3, 0.4) is 0 Å². The van der Waals surface area contributed by atoms with Crippen LogP contribution in [0.1, 0.15) is 35.0 Å². The van der Waals surface area contributed by atoms with Crippen molar-refractivity contribution < 1.29 is 4.79 Å². The van der Waals surface area contributed by atoms with Gasteiger partial charge < -0.3 is 14.7 Å². The van der Waals surface area contributed by atoms with Crippen molar-refractivity contribution in [1.29, 1.82) is 0 Å². The molecule has 21 heavy (non-hydrogen) atoms. The van der Waals surface area contributed by atoms with Crippen LogP contribution in [0.25, 0.3) is 0 Å². The van der Waals surface area contributed by atoms with Crippen molar-refractivity contribution in [2.24, 2.45) is 0 Å². The van der Waals surface area contributed by atoms with E-state index in [0.29, 0.717) is 0 Å². The maximum absolute atomic E-state index is 12.6. The molecule has 5 heteroatoms. The van der Waals surface area contributed by atoms with Crippen molar-refractivity contribution in [3.8, 4) is 0 Å². The zero-order valence-electron chi connectivity index (χ0n) is 13.7. The van der Waals surface area contributed by atoms with Crippen LogP contribution in [0.5, 0.6) is 0 Å². The summed E-state index contributed by atoms with van der Waals surface area (Å²) in [6.07, 6.45) is 3.59. The summed E-state index contributed by atoms with van der Waals surface area (Å²) in [5.41, 5.74) is 1.36. The van der Waals surface area contributed by atoms with Gasteiger partial charge in [-0.1, -0.05) is 0 Å². The normalized spacial score (nSPS) is 15.0. The molecule has 1 amide bonds. The van der Waals surface area contributed by atoms with E-state index in [1.807, 2.05) is 26.0 Å². The Hall–Kier alpha value is -1.07. The van der Waals surface area contributed by atoms with Crippen LogP contribution in [0, 0.1) is 0 Å². The SMILES string of the molecule is CCN1CCCCc2cc(C(=O)N(C)CCN(C)C)sc21. The van der Waals surface area contributed by atoms with Crippen LogP contribution in [-0.2, 0) is 6.42 Å². The van der Waals surface area contributed by atoms with E-state index in [1.165, 1.54) is 23.4 Å². The van der Waals surface area contributed by atoms with Crippen molar-refractivity contribution >= 4 is 22.2 Å². The van der Waals surface area contributed by atoms with E-state index in [2.05, 4.69) is 22.8 Å². The summed E-state index contributed by atoms with van der Waals surface area (Å²) in [5.74, 6) is 0.158. The molecule has 0 atom stereocenters. The number of fused-ring (bicyclic) bond motifs is 1. The summed E-state index contributed by atoms with van der Waals surface area (Å²) in [4.78, 5) is 19.8. The van der Waals surface area contributed by atoms with Crippen molar-refractivity contribution in [2.75, 3.05) is 52.2 Å². The zero-order chi connectivity index (χ0) is 15.4. The van der Waals surface area contributed by atoms with Crippen LogP contribution < -0.4 is 4.90 Å². The first kappa shape index (κ1) is 16.3. The first-order chi connectivity index (χ1) is 10.0. The third kappa shape index (κ3) is 3.98. The highest BCUT2D eigenvalue weighted by Crippen LogP contribution is 2.35. The number of carbonyl (C=O) groups excluding carboxylic acids is 1. The van der Waals surface area contributed by atoms with Gasteiger partial charge in [0.1, 0.15) is 0 Å². The lowest BCUT2D eigenvalue weighted by molar-refractivity contribution is 0.0791. The van der Waals surface area contributed by atoms with Gasteiger partial charge in [-0.3, -0.25) is 4.79 Å². The molecule has 0 bridgehead atoms. The van der Waals surface area contributed by atoms with Crippen molar-refractivity contribution in [1.82, 2.24) is 9.80 Å². The Morgan fingerprint density at radius 3 is 2.71 bits per heavy atom. The van der Waals surface area contributed by atoms with E-state index in [0.717, 1.165) is 37.5 Å². The fraction of sp³-hybridized carbons (Fsp3) is 0.688. The van der Waals surface area contributed by atoms with Gasteiger partial charge in [0.25, 0.3) is 5.91 Å². The first-order valence-electron chi connectivity index (χ1n) is 7.80. The van der Waals surface area contributed by atoms with Crippen molar-refractivity contribution in [3.05, 3.63) is 16.5 Å². The molecule has 0 saturated carbocycles. The average molecular weight is 309 g/mol. The minimum Gasteiger partial charge on any atom is -0.363 e. The molecule has 0 radical (unpaired) electrons. The lowest BCUT2D eigenvalue weighted by atomic mass is 10.1. The predicted molar refractivity (Wildman–Crippen MR) is 90.7 cm³/mol. The molecule has 0 aliphatic carbocycles. The molecule has 0 N–H and O–H groups in total. The highest BCUT2D eigenvalue weighted by Gasteiger charge is 2.22. The summed E-state index contributed by atoms with van der Waals surface area (Å²) in [5, 5.41) is 1.32. The number of anilines is 1. The number of rotatable bonds is 5. The highest BCUT2D eigenvalue weighted by atomic mass is 32.1. The second-order valence-corrected chi connectivity index (χ2v) is 7.04. The molecule has 2 heterocycles. The maximum Gasteiger partial charge on any atom is 0.263 e. The Balaban J connectivity index is 2.12. The van der Waals surface area contributed by atoms with Gasteiger partial charge in [-0.05, 0) is 51.9 Å². The smallest absolute Gasteiger partial charge is 0.263 e.